The molecule has 5 nitrogen and oxygen atoms in total. The lowest BCUT2D eigenvalue weighted by Gasteiger charge is -2.22. The predicted molar refractivity (Wildman–Crippen MR) is 101 cm³/mol. The zero-order valence-corrected chi connectivity index (χ0v) is 14.9. The lowest BCUT2D eigenvalue weighted by atomic mass is 10.1. The molecule has 0 saturated carbocycles. The van der Waals surface area contributed by atoms with Crippen molar-refractivity contribution < 1.29 is 9.53 Å². The molecule has 1 aliphatic rings. The second-order valence-corrected chi connectivity index (χ2v) is 6.53. The molecule has 1 fully saturated rings. The summed E-state index contributed by atoms with van der Waals surface area (Å²) in [5.74, 6) is 0.861. The molecular formula is C21H23N3O2. The Hall–Kier alpha value is -3.00. The first-order chi connectivity index (χ1) is 12.7. The molecule has 1 amide bonds. The maximum atomic E-state index is 12.4. The molecule has 3 rings (SSSR count). The van der Waals surface area contributed by atoms with Crippen LogP contribution in [0.3, 0.4) is 0 Å². The summed E-state index contributed by atoms with van der Waals surface area (Å²) in [4.78, 5) is 14.3. The Labute approximate surface area is 154 Å². The molecule has 26 heavy (non-hydrogen) atoms. The zero-order valence-electron chi connectivity index (χ0n) is 14.9. The van der Waals surface area contributed by atoms with Gasteiger partial charge in [0.25, 0.3) is 0 Å². The zero-order chi connectivity index (χ0) is 18.4. The number of hydrogen-bond donors (Lipinski definition) is 1. The molecule has 1 aliphatic heterocycles. The molecule has 2 aromatic rings. The second kappa shape index (κ2) is 8.39. The van der Waals surface area contributed by atoms with Crippen molar-refractivity contribution in [3.05, 3.63) is 59.7 Å². The topological polar surface area (TPSA) is 65.4 Å². The summed E-state index contributed by atoms with van der Waals surface area (Å²) in [6.45, 7) is 3.99. The van der Waals surface area contributed by atoms with Crippen LogP contribution in [0.15, 0.2) is 48.5 Å². The van der Waals surface area contributed by atoms with Gasteiger partial charge in [-0.2, -0.15) is 5.26 Å². The summed E-state index contributed by atoms with van der Waals surface area (Å²) >= 11 is 0. The van der Waals surface area contributed by atoms with Gasteiger partial charge in [0, 0.05) is 24.8 Å². The van der Waals surface area contributed by atoms with E-state index in [0.29, 0.717) is 12.2 Å². The number of carbonyl (C=O) groups is 1. The van der Waals surface area contributed by atoms with Crippen molar-refractivity contribution in [2.24, 2.45) is 0 Å². The third kappa shape index (κ3) is 4.54. The van der Waals surface area contributed by atoms with Crippen molar-refractivity contribution in [3.8, 4) is 11.8 Å². The fraction of sp³-hybridized carbons (Fsp3) is 0.333. The number of rotatable bonds is 6. The fourth-order valence-electron chi connectivity index (χ4n) is 3.10. The van der Waals surface area contributed by atoms with Crippen molar-refractivity contribution in [1.82, 2.24) is 4.90 Å². The van der Waals surface area contributed by atoms with Gasteiger partial charge in [0.2, 0.25) is 5.91 Å². The third-order valence-electron chi connectivity index (χ3n) is 4.47. The first-order valence-electron chi connectivity index (χ1n) is 8.93. The monoisotopic (exact) mass is 349 g/mol. The maximum absolute atomic E-state index is 12.4. The molecule has 0 aromatic heterocycles. The SMILES string of the molecule is CC(Nc1cccc(OCc2cccc(C#N)c2)c1)C(=O)N1CCCC1. The van der Waals surface area contributed by atoms with Gasteiger partial charge in [-0.05, 0) is 49.6 Å². The number of benzene rings is 2. The number of amides is 1. The van der Waals surface area contributed by atoms with Gasteiger partial charge in [0.15, 0.2) is 0 Å². The normalized spacial score (nSPS) is 14.5. The Balaban J connectivity index is 1.59. The Morgan fingerprint density at radius 3 is 2.77 bits per heavy atom. The van der Waals surface area contributed by atoms with E-state index in [2.05, 4.69) is 11.4 Å². The molecule has 1 saturated heterocycles. The van der Waals surface area contributed by atoms with E-state index in [9.17, 15) is 4.79 Å². The van der Waals surface area contributed by atoms with Crippen LogP contribution in [0.1, 0.15) is 30.9 Å². The molecule has 0 radical (unpaired) electrons. The molecular weight excluding hydrogens is 326 g/mol. The number of likely N-dealkylation sites (tertiary alicyclic amines) is 1. The highest BCUT2D eigenvalue weighted by atomic mass is 16.5. The van der Waals surface area contributed by atoms with Crippen LogP contribution in [0.5, 0.6) is 5.75 Å². The van der Waals surface area contributed by atoms with E-state index in [0.717, 1.165) is 42.9 Å². The standard InChI is InChI=1S/C21H23N3O2/c1-16(21(25)24-10-2-3-11-24)23-19-8-5-9-20(13-19)26-15-18-7-4-6-17(12-18)14-22/h4-9,12-13,16,23H,2-3,10-11,15H2,1H3. The molecule has 1 heterocycles. The molecule has 134 valence electrons. The van der Waals surface area contributed by atoms with E-state index in [1.165, 1.54) is 0 Å². The molecule has 0 spiro atoms. The first-order valence-corrected chi connectivity index (χ1v) is 8.93. The van der Waals surface area contributed by atoms with Crippen LogP contribution in [0, 0.1) is 11.3 Å². The summed E-state index contributed by atoms with van der Waals surface area (Å²) in [5.41, 5.74) is 2.42. The minimum atomic E-state index is -0.268. The maximum Gasteiger partial charge on any atom is 0.244 e. The van der Waals surface area contributed by atoms with E-state index < -0.39 is 0 Å². The number of hydrogen-bond acceptors (Lipinski definition) is 4. The van der Waals surface area contributed by atoms with Gasteiger partial charge in [0.05, 0.1) is 11.6 Å². The predicted octanol–water partition coefficient (Wildman–Crippen LogP) is 3.56. The summed E-state index contributed by atoms with van der Waals surface area (Å²) < 4.78 is 5.83. The number of ether oxygens (including phenoxy) is 1. The van der Waals surface area contributed by atoms with Crippen LogP contribution >= 0.6 is 0 Å². The minimum Gasteiger partial charge on any atom is -0.489 e. The highest BCUT2D eigenvalue weighted by Gasteiger charge is 2.23. The lowest BCUT2D eigenvalue weighted by molar-refractivity contribution is -0.130. The number of nitrogens with zero attached hydrogens (tertiary/aromatic N) is 2. The summed E-state index contributed by atoms with van der Waals surface area (Å²) in [6, 6.07) is 16.8. The van der Waals surface area contributed by atoms with Crippen LogP contribution in [0.25, 0.3) is 0 Å². The Kier molecular flexibility index (Phi) is 5.75. The molecule has 1 unspecified atom stereocenters. The van der Waals surface area contributed by atoms with Crippen molar-refractivity contribution in [3.63, 3.8) is 0 Å². The van der Waals surface area contributed by atoms with Gasteiger partial charge < -0.3 is 15.0 Å². The first kappa shape index (κ1) is 17.8. The van der Waals surface area contributed by atoms with E-state index in [4.69, 9.17) is 10.00 Å². The smallest absolute Gasteiger partial charge is 0.244 e. The van der Waals surface area contributed by atoms with Gasteiger partial charge >= 0.3 is 0 Å². The average Bonchev–Trinajstić information content (AvgIpc) is 3.21. The summed E-state index contributed by atoms with van der Waals surface area (Å²) in [7, 11) is 0. The Morgan fingerprint density at radius 1 is 1.23 bits per heavy atom. The number of nitriles is 1. The van der Waals surface area contributed by atoms with Crippen molar-refractivity contribution >= 4 is 11.6 Å². The second-order valence-electron chi connectivity index (χ2n) is 6.53. The molecule has 5 heteroatoms. The van der Waals surface area contributed by atoms with Gasteiger partial charge in [-0.15, -0.1) is 0 Å². The molecule has 0 bridgehead atoms. The van der Waals surface area contributed by atoms with Crippen molar-refractivity contribution in [2.45, 2.75) is 32.4 Å². The summed E-state index contributed by atoms with van der Waals surface area (Å²) in [6.07, 6.45) is 2.18. The van der Waals surface area contributed by atoms with Gasteiger partial charge in [0.1, 0.15) is 18.4 Å². The van der Waals surface area contributed by atoms with Crippen LogP contribution in [-0.4, -0.2) is 29.9 Å². The minimum absolute atomic E-state index is 0.141. The van der Waals surface area contributed by atoms with Crippen LogP contribution in [-0.2, 0) is 11.4 Å². The van der Waals surface area contributed by atoms with E-state index in [1.807, 2.05) is 54.3 Å². The van der Waals surface area contributed by atoms with Gasteiger partial charge in [-0.3, -0.25) is 4.79 Å². The van der Waals surface area contributed by atoms with Crippen molar-refractivity contribution in [2.75, 3.05) is 18.4 Å². The number of anilines is 1. The van der Waals surface area contributed by atoms with Crippen LogP contribution in [0.2, 0.25) is 0 Å². The number of nitrogens with one attached hydrogen (secondary N) is 1. The number of carbonyl (C=O) groups excluding carboxylic acids is 1. The largest absolute Gasteiger partial charge is 0.489 e. The van der Waals surface area contributed by atoms with Crippen LogP contribution < -0.4 is 10.1 Å². The average molecular weight is 349 g/mol. The lowest BCUT2D eigenvalue weighted by Crippen LogP contribution is -2.39. The molecule has 0 aliphatic carbocycles. The highest BCUT2D eigenvalue weighted by Crippen LogP contribution is 2.20. The summed E-state index contributed by atoms with van der Waals surface area (Å²) in [5, 5.41) is 12.2. The molecule has 1 N–H and O–H groups in total. The van der Waals surface area contributed by atoms with Gasteiger partial charge in [-0.1, -0.05) is 18.2 Å². The Bertz CT molecular complexity index is 807. The fourth-order valence-corrected chi connectivity index (χ4v) is 3.10. The van der Waals surface area contributed by atoms with Crippen molar-refractivity contribution in [1.29, 1.82) is 5.26 Å². The third-order valence-corrected chi connectivity index (χ3v) is 4.47. The van der Waals surface area contributed by atoms with Crippen LogP contribution in [0.4, 0.5) is 5.69 Å². The molecule has 2 aromatic carbocycles. The quantitative estimate of drug-likeness (QED) is 0.866. The van der Waals surface area contributed by atoms with Gasteiger partial charge in [-0.25, -0.2) is 0 Å². The Morgan fingerprint density at radius 2 is 2.00 bits per heavy atom. The van der Waals surface area contributed by atoms with E-state index in [-0.39, 0.29) is 11.9 Å². The molecule has 1 atom stereocenters. The van der Waals surface area contributed by atoms with E-state index in [1.54, 1.807) is 6.07 Å². The van der Waals surface area contributed by atoms with E-state index >= 15 is 0 Å². The highest BCUT2D eigenvalue weighted by molar-refractivity contribution is 5.84.